The highest BCUT2D eigenvalue weighted by Gasteiger charge is 2.19. The molecule has 0 bridgehead atoms. The molecule has 1 aromatic rings. The van der Waals surface area contributed by atoms with Crippen LogP contribution in [0, 0.1) is 6.92 Å². The van der Waals surface area contributed by atoms with E-state index in [9.17, 15) is 0 Å². The molecule has 0 radical (unpaired) electrons. The molecule has 2 N–H and O–H groups in total. The quantitative estimate of drug-likeness (QED) is 0.868. The first kappa shape index (κ1) is 14.0. The zero-order chi connectivity index (χ0) is 13.2. The highest BCUT2D eigenvalue weighted by Crippen LogP contribution is 2.34. The minimum Gasteiger partial charge on any atom is -0.496 e. The van der Waals surface area contributed by atoms with Gasteiger partial charge in [-0.15, -0.1) is 0 Å². The monoisotopic (exact) mass is 235 g/mol. The van der Waals surface area contributed by atoms with Crippen LogP contribution in [-0.4, -0.2) is 12.6 Å². The van der Waals surface area contributed by atoms with Gasteiger partial charge in [-0.25, -0.2) is 0 Å². The van der Waals surface area contributed by atoms with Crippen LogP contribution in [0.25, 0.3) is 0 Å². The molecule has 0 atom stereocenters. The van der Waals surface area contributed by atoms with Crippen LogP contribution >= 0.6 is 0 Å². The molecule has 1 aromatic carbocycles. The van der Waals surface area contributed by atoms with E-state index in [-0.39, 0.29) is 5.54 Å². The molecule has 96 valence electrons. The Hall–Kier alpha value is -1.02. The molecule has 2 heteroatoms. The summed E-state index contributed by atoms with van der Waals surface area (Å²) < 4.78 is 5.55. The van der Waals surface area contributed by atoms with Crippen molar-refractivity contribution >= 4 is 0 Å². The molecule has 0 aliphatic carbocycles. The lowest BCUT2D eigenvalue weighted by atomic mass is 9.87. The summed E-state index contributed by atoms with van der Waals surface area (Å²) in [7, 11) is 1.74. The summed E-state index contributed by atoms with van der Waals surface area (Å²) in [5.41, 5.74) is 9.72. The van der Waals surface area contributed by atoms with Crippen LogP contribution in [0.2, 0.25) is 0 Å². The van der Waals surface area contributed by atoms with Gasteiger partial charge in [0.25, 0.3) is 0 Å². The third kappa shape index (κ3) is 3.47. The molecule has 0 aliphatic heterocycles. The maximum Gasteiger partial charge on any atom is 0.125 e. The number of hydrogen-bond acceptors (Lipinski definition) is 2. The van der Waals surface area contributed by atoms with Gasteiger partial charge in [0.05, 0.1) is 7.11 Å². The van der Waals surface area contributed by atoms with Crippen LogP contribution in [0.5, 0.6) is 5.75 Å². The Morgan fingerprint density at radius 3 is 2.29 bits per heavy atom. The molecular formula is C15H25NO. The van der Waals surface area contributed by atoms with E-state index in [4.69, 9.17) is 10.5 Å². The van der Waals surface area contributed by atoms with Crippen LogP contribution in [0.15, 0.2) is 12.1 Å². The minimum absolute atomic E-state index is 0.191. The van der Waals surface area contributed by atoms with Crippen molar-refractivity contribution in [3.63, 3.8) is 0 Å². The highest BCUT2D eigenvalue weighted by atomic mass is 16.5. The number of nitrogens with two attached hydrogens (primary N) is 1. The zero-order valence-corrected chi connectivity index (χ0v) is 11.9. The van der Waals surface area contributed by atoms with Crippen LogP contribution in [0.3, 0.4) is 0 Å². The fourth-order valence-electron chi connectivity index (χ4n) is 2.30. The van der Waals surface area contributed by atoms with Crippen molar-refractivity contribution in [2.75, 3.05) is 7.11 Å². The van der Waals surface area contributed by atoms with Crippen molar-refractivity contribution in [3.8, 4) is 5.75 Å². The minimum atomic E-state index is -0.191. The Morgan fingerprint density at radius 1 is 1.29 bits per heavy atom. The van der Waals surface area contributed by atoms with E-state index in [0.29, 0.717) is 5.92 Å². The normalized spacial score (nSPS) is 12.0. The number of methoxy groups -OCH3 is 1. The average Bonchev–Trinajstić information content (AvgIpc) is 2.17. The van der Waals surface area contributed by atoms with Crippen molar-refractivity contribution in [3.05, 3.63) is 28.8 Å². The lowest BCUT2D eigenvalue weighted by Gasteiger charge is -2.24. The van der Waals surface area contributed by atoms with E-state index in [1.165, 1.54) is 16.7 Å². The summed E-state index contributed by atoms with van der Waals surface area (Å²) in [6.45, 7) is 10.6. The predicted molar refractivity (Wildman–Crippen MR) is 73.8 cm³/mol. The summed E-state index contributed by atoms with van der Waals surface area (Å²) in [5, 5.41) is 0. The molecule has 0 aliphatic rings. The third-order valence-electron chi connectivity index (χ3n) is 2.91. The van der Waals surface area contributed by atoms with Gasteiger partial charge in [0.15, 0.2) is 0 Å². The molecule has 0 heterocycles. The Kier molecular flexibility index (Phi) is 4.21. The lowest BCUT2D eigenvalue weighted by molar-refractivity contribution is 0.402. The van der Waals surface area contributed by atoms with E-state index < -0.39 is 0 Å². The molecule has 1 rings (SSSR count). The molecule has 17 heavy (non-hydrogen) atoms. The molecule has 2 nitrogen and oxygen atoms in total. The summed E-state index contributed by atoms with van der Waals surface area (Å²) in [5.74, 6) is 1.46. The molecule has 0 saturated carbocycles. The van der Waals surface area contributed by atoms with Gasteiger partial charge in [0.1, 0.15) is 5.75 Å². The second-order valence-electron chi connectivity index (χ2n) is 5.81. The molecule has 0 fully saturated rings. The zero-order valence-electron chi connectivity index (χ0n) is 11.9. The van der Waals surface area contributed by atoms with Gasteiger partial charge in [-0.2, -0.15) is 0 Å². The summed E-state index contributed by atoms with van der Waals surface area (Å²) in [4.78, 5) is 0. The van der Waals surface area contributed by atoms with Gasteiger partial charge in [-0.05, 0) is 44.2 Å². The van der Waals surface area contributed by atoms with Crippen LogP contribution in [-0.2, 0) is 6.42 Å². The van der Waals surface area contributed by atoms with Crippen molar-refractivity contribution < 1.29 is 4.74 Å². The van der Waals surface area contributed by atoms with Gasteiger partial charge in [-0.3, -0.25) is 0 Å². The standard InChI is InChI=1S/C15H25NO/c1-10(2)13-12(9-15(4,5)16)8-7-11(3)14(13)17-6/h7-8,10H,9,16H2,1-6H3. The van der Waals surface area contributed by atoms with E-state index in [2.05, 4.69) is 46.8 Å². The summed E-state index contributed by atoms with van der Waals surface area (Å²) in [6.07, 6.45) is 0.872. The van der Waals surface area contributed by atoms with Gasteiger partial charge in [-0.1, -0.05) is 26.0 Å². The molecule has 0 unspecified atom stereocenters. The molecule has 0 spiro atoms. The fraction of sp³-hybridized carbons (Fsp3) is 0.600. The summed E-state index contributed by atoms with van der Waals surface area (Å²) in [6, 6.07) is 4.30. The SMILES string of the molecule is COc1c(C)ccc(CC(C)(C)N)c1C(C)C. The lowest BCUT2D eigenvalue weighted by Crippen LogP contribution is -2.34. The number of ether oxygens (including phenoxy) is 1. The summed E-state index contributed by atoms with van der Waals surface area (Å²) >= 11 is 0. The second-order valence-corrected chi connectivity index (χ2v) is 5.81. The molecular weight excluding hydrogens is 210 g/mol. The van der Waals surface area contributed by atoms with Gasteiger partial charge in [0.2, 0.25) is 0 Å². The van der Waals surface area contributed by atoms with Crippen LogP contribution in [0.4, 0.5) is 0 Å². The van der Waals surface area contributed by atoms with Crippen molar-refractivity contribution in [2.24, 2.45) is 5.73 Å². The van der Waals surface area contributed by atoms with E-state index in [1.54, 1.807) is 7.11 Å². The first-order chi connectivity index (χ1) is 7.76. The van der Waals surface area contributed by atoms with E-state index in [0.717, 1.165) is 12.2 Å². The number of benzene rings is 1. The van der Waals surface area contributed by atoms with Gasteiger partial charge in [0, 0.05) is 11.1 Å². The average molecular weight is 235 g/mol. The maximum atomic E-state index is 6.13. The van der Waals surface area contributed by atoms with Crippen LogP contribution < -0.4 is 10.5 Å². The maximum absolute atomic E-state index is 6.13. The first-order valence-corrected chi connectivity index (χ1v) is 6.21. The Bertz CT molecular complexity index is 389. The highest BCUT2D eigenvalue weighted by molar-refractivity contribution is 5.48. The van der Waals surface area contributed by atoms with Gasteiger partial charge >= 0.3 is 0 Å². The predicted octanol–water partition coefficient (Wildman–Crippen LogP) is 3.41. The Labute approximate surface area is 105 Å². The Morgan fingerprint density at radius 2 is 1.88 bits per heavy atom. The van der Waals surface area contributed by atoms with E-state index in [1.807, 2.05) is 0 Å². The van der Waals surface area contributed by atoms with Gasteiger partial charge < -0.3 is 10.5 Å². The number of aryl methyl sites for hydroxylation is 1. The largest absolute Gasteiger partial charge is 0.496 e. The number of rotatable bonds is 4. The smallest absolute Gasteiger partial charge is 0.125 e. The Balaban J connectivity index is 3.30. The first-order valence-electron chi connectivity index (χ1n) is 6.21. The topological polar surface area (TPSA) is 35.2 Å². The van der Waals surface area contributed by atoms with Crippen molar-refractivity contribution in [2.45, 2.75) is 52.5 Å². The van der Waals surface area contributed by atoms with Crippen molar-refractivity contribution in [1.29, 1.82) is 0 Å². The van der Waals surface area contributed by atoms with E-state index >= 15 is 0 Å². The second kappa shape index (κ2) is 5.09. The molecule has 0 saturated heterocycles. The van der Waals surface area contributed by atoms with Crippen molar-refractivity contribution in [1.82, 2.24) is 0 Å². The molecule has 0 amide bonds. The van der Waals surface area contributed by atoms with Crippen LogP contribution in [0.1, 0.15) is 50.3 Å². The number of hydrogen-bond donors (Lipinski definition) is 1. The fourth-order valence-corrected chi connectivity index (χ4v) is 2.30. The third-order valence-corrected chi connectivity index (χ3v) is 2.91. The molecule has 0 aromatic heterocycles.